The SMILES string of the molecule is CCNC(=NCC1CN2CCCC2CO1)NC1CCCCC1. The van der Waals surface area contributed by atoms with Crippen molar-refractivity contribution < 1.29 is 4.74 Å². The van der Waals surface area contributed by atoms with Gasteiger partial charge in [-0.05, 0) is 39.2 Å². The van der Waals surface area contributed by atoms with E-state index in [1.807, 2.05) is 0 Å². The Bertz CT molecular complexity index is 368. The molecule has 0 spiro atoms. The lowest BCUT2D eigenvalue weighted by atomic mass is 9.96. The molecule has 0 aromatic carbocycles. The fraction of sp³-hybridized carbons (Fsp3) is 0.941. The molecule has 2 heterocycles. The highest BCUT2D eigenvalue weighted by atomic mass is 16.5. The number of hydrogen-bond acceptors (Lipinski definition) is 3. The quantitative estimate of drug-likeness (QED) is 0.613. The first kappa shape index (κ1) is 16.1. The van der Waals surface area contributed by atoms with Gasteiger partial charge in [-0.3, -0.25) is 9.89 Å². The summed E-state index contributed by atoms with van der Waals surface area (Å²) in [5, 5.41) is 7.00. The molecular weight excluding hydrogens is 276 g/mol. The number of ether oxygens (including phenoxy) is 1. The van der Waals surface area contributed by atoms with Gasteiger partial charge in [0.15, 0.2) is 5.96 Å². The van der Waals surface area contributed by atoms with Crippen molar-refractivity contribution >= 4 is 5.96 Å². The fourth-order valence-corrected chi connectivity index (χ4v) is 3.95. The maximum absolute atomic E-state index is 6.01. The summed E-state index contributed by atoms with van der Waals surface area (Å²) in [5.41, 5.74) is 0. The second-order valence-electron chi connectivity index (χ2n) is 6.95. The maximum atomic E-state index is 6.01. The van der Waals surface area contributed by atoms with E-state index in [0.717, 1.165) is 32.2 Å². The average Bonchev–Trinajstić information content (AvgIpc) is 3.01. The van der Waals surface area contributed by atoms with Gasteiger partial charge in [-0.1, -0.05) is 19.3 Å². The first-order chi connectivity index (χ1) is 10.8. The van der Waals surface area contributed by atoms with Gasteiger partial charge >= 0.3 is 0 Å². The van der Waals surface area contributed by atoms with Gasteiger partial charge in [-0.25, -0.2) is 0 Å². The van der Waals surface area contributed by atoms with Gasteiger partial charge < -0.3 is 15.4 Å². The molecule has 3 rings (SSSR count). The van der Waals surface area contributed by atoms with E-state index in [0.29, 0.717) is 12.1 Å². The van der Waals surface area contributed by atoms with Crippen LogP contribution in [0.2, 0.25) is 0 Å². The smallest absolute Gasteiger partial charge is 0.191 e. The van der Waals surface area contributed by atoms with Crippen LogP contribution in [-0.2, 0) is 4.74 Å². The number of fused-ring (bicyclic) bond motifs is 1. The monoisotopic (exact) mass is 308 g/mol. The molecule has 3 fully saturated rings. The standard InChI is InChI=1S/C17H32N4O/c1-2-18-17(20-14-7-4-3-5-8-14)19-11-16-12-21-10-6-9-15(21)13-22-16/h14-16H,2-13H2,1H3,(H2,18,19,20). The first-order valence-electron chi connectivity index (χ1n) is 9.25. The Morgan fingerprint density at radius 2 is 2.05 bits per heavy atom. The molecule has 0 aromatic rings. The van der Waals surface area contributed by atoms with Crippen LogP contribution in [0.1, 0.15) is 51.9 Å². The molecule has 5 nitrogen and oxygen atoms in total. The summed E-state index contributed by atoms with van der Waals surface area (Å²) >= 11 is 0. The van der Waals surface area contributed by atoms with E-state index in [2.05, 4.69) is 22.5 Å². The molecule has 5 heteroatoms. The van der Waals surface area contributed by atoms with E-state index >= 15 is 0 Å². The molecule has 1 saturated carbocycles. The Balaban J connectivity index is 1.48. The highest BCUT2D eigenvalue weighted by molar-refractivity contribution is 5.80. The minimum atomic E-state index is 0.260. The predicted octanol–water partition coefficient (Wildman–Crippen LogP) is 1.74. The minimum absolute atomic E-state index is 0.260. The highest BCUT2D eigenvalue weighted by Crippen LogP contribution is 2.22. The van der Waals surface area contributed by atoms with Crippen LogP contribution in [0.3, 0.4) is 0 Å². The number of rotatable bonds is 4. The van der Waals surface area contributed by atoms with Crippen LogP contribution in [0.4, 0.5) is 0 Å². The second kappa shape index (κ2) is 8.16. The van der Waals surface area contributed by atoms with Gasteiger partial charge in [0.05, 0.1) is 19.3 Å². The third-order valence-corrected chi connectivity index (χ3v) is 5.20. The topological polar surface area (TPSA) is 48.9 Å². The zero-order valence-corrected chi connectivity index (χ0v) is 14.0. The summed E-state index contributed by atoms with van der Waals surface area (Å²) in [6.07, 6.45) is 9.53. The maximum Gasteiger partial charge on any atom is 0.191 e. The van der Waals surface area contributed by atoms with E-state index in [-0.39, 0.29) is 6.10 Å². The molecule has 0 amide bonds. The van der Waals surface area contributed by atoms with Crippen molar-refractivity contribution in [1.29, 1.82) is 0 Å². The van der Waals surface area contributed by atoms with E-state index in [1.165, 1.54) is 51.5 Å². The summed E-state index contributed by atoms with van der Waals surface area (Å²) in [4.78, 5) is 7.38. The van der Waals surface area contributed by atoms with Crippen molar-refractivity contribution in [3.05, 3.63) is 0 Å². The molecule has 0 bridgehead atoms. The molecule has 0 aromatic heterocycles. The summed E-state index contributed by atoms with van der Waals surface area (Å²) in [7, 11) is 0. The van der Waals surface area contributed by atoms with E-state index in [1.54, 1.807) is 0 Å². The van der Waals surface area contributed by atoms with Crippen molar-refractivity contribution in [1.82, 2.24) is 15.5 Å². The van der Waals surface area contributed by atoms with Crippen molar-refractivity contribution in [3.8, 4) is 0 Å². The Morgan fingerprint density at radius 1 is 1.18 bits per heavy atom. The number of nitrogens with one attached hydrogen (secondary N) is 2. The molecule has 2 aliphatic heterocycles. The highest BCUT2D eigenvalue weighted by Gasteiger charge is 2.32. The van der Waals surface area contributed by atoms with Crippen molar-refractivity contribution in [2.24, 2.45) is 4.99 Å². The van der Waals surface area contributed by atoms with E-state index < -0.39 is 0 Å². The van der Waals surface area contributed by atoms with Crippen molar-refractivity contribution in [2.45, 2.75) is 70.1 Å². The van der Waals surface area contributed by atoms with Gasteiger partial charge in [-0.2, -0.15) is 0 Å². The molecule has 3 aliphatic rings. The normalized spacial score (nSPS) is 31.0. The summed E-state index contributed by atoms with van der Waals surface area (Å²) in [5.74, 6) is 0.974. The molecule has 2 N–H and O–H groups in total. The lowest BCUT2D eigenvalue weighted by molar-refractivity contribution is -0.0432. The third kappa shape index (κ3) is 4.35. The number of morpholine rings is 1. The third-order valence-electron chi connectivity index (χ3n) is 5.20. The van der Waals surface area contributed by atoms with Crippen LogP contribution >= 0.6 is 0 Å². The van der Waals surface area contributed by atoms with E-state index in [9.17, 15) is 0 Å². The fourth-order valence-electron chi connectivity index (χ4n) is 3.95. The average molecular weight is 308 g/mol. The van der Waals surface area contributed by atoms with Crippen LogP contribution in [0.25, 0.3) is 0 Å². The molecule has 0 radical (unpaired) electrons. The predicted molar refractivity (Wildman–Crippen MR) is 90.3 cm³/mol. The molecule has 2 atom stereocenters. The molecule has 1 aliphatic carbocycles. The lowest BCUT2D eigenvalue weighted by Gasteiger charge is -2.34. The van der Waals surface area contributed by atoms with Gasteiger partial charge in [0.2, 0.25) is 0 Å². The summed E-state index contributed by atoms with van der Waals surface area (Å²) in [6.45, 7) is 7.01. The molecule has 22 heavy (non-hydrogen) atoms. The van der Waals surface area contributed by atoms with E-state index in [4.69, 9.17) is 9.73 Å². The van der Waals surface area contributed by atoms with Crippen molar-refractivity contribution in [3.63, 3.8) is 0 Å². The zero-order valence-electron chi connectivity index (χ0n) is 14.0. The Hall–Kier alpha value is -0.810. The van der Waals surface area contributed by atoms with Gasteiger partial charge in [0.25, 0.3) is 0 Å². The zero-order chi connectivity index (χ0) is 15.2. The Morgan fingerprint density at radius 3 is 2.86 bits per heavy atom. The number of guanidine groups is 1. The molecule has 2 saturated heterocycles. The molecular formula is C17H32N4O. The van der Waals surface area contributed by atoms with Crippen LogP contribution in [0.15, 0.2) is 4.99 Å². The lowest BCUT2D eigenvalue weighted by Crippen LogP contribution is -2.48. The van der Waals surface area contributed by atoms with Gasteiger partial charge in [-0.15, -0.1) is 0 Å². The summed E-state index contributed by atoms with van der Waals surface area (Å²) in [6, 6.07) is 1.27. The molecule has 2 unspecified atom stereocenters. The van der Waals surface area contributed by atoms with Crippen LogP contribution in [0, 0.1) is 0 Å². The van der Waals surface area contributed by atoms with Crippen molar-refractivity contribution in [2.75, 3.05) is 32.8 Å². The number of aliphatic imine (C=N–C) groups is 1. The molecule has 126 valence electrons. The van der Waals surface area contributed by atoms with Crippen LogP contribution in [-0.4, -0.2) is 61.8 Å². The summed E-state index contributed by atoms with van der Waals surface area (Å²) < 4.78 is 6.01. The second-order valence-corrected chi connectivity index (χ2v) is 6.95. The number of hydrogen-bond donors (Lipinski definition) is 2. The van der Waals surface area contributed by atoms with Gasteiger partial charge in [0.1, 0.15) is 0 Å². The first-order valence-corrected chi connectivity index (χ1v) is 9.25. The largest absolute Gasteiger partial charge is 0.373 e. The van der Waals surface area contributed by atoms with Crippen LogP contribution < -0.4 is 10.6 Å². The Kier molecular flexibility index (Phi) is 5.96. The minimum Gasteiger partial charge on any atom is -0.373 e. The van der Waals surface area contributed by atoms with Gasteiger partial charge in [0, 0.05) is 25.2 Å². The van der Waals surface area contributed by atoms with Crippen LogP contribution in [0.5, 0.6) is 0 Å². The Labute approximate surface area is 134 Å². The number of nitrogens with zero attached hydrogens (tertiary/aromatic N) is 2.